The molecule has 0 unspecified atom stereocenters. The van der Waals surface area contributed by atoms with Crippen molar-refractivity contribution < 1.29 is 5.11 Å². The first-order valence-corrected chi connectivity index (χ1v) is 9.90. The first kappa shape index (κ1) is 18.7. The van der Waals surface area contributed by atoms with Crippen LogP contribution in [0.25, 0.3) is 21.6 Å². The van der Waals surface area contributed by atoms with Gasteiger partial charge < -0.3 is 25.5 Å². The van der Waals surface area contributed by atoms with Gasteiger partial charge in [-0.1, -0.05) is 6.57 Å². The average Bonchev–Trinajstić information content (AvgIpc) is 3.24. The van der Waals surface area contributed by atoms with E-state index in [0.717, 1.165) is 42.9 Å². The molecule has 1 fully saturated rings. The minimum absolute atomic E-state index is 0.265. The van der Waals surface area contributed by atoms with Crippen LogP contribution in [0.1, 0.15) is 0 Å². The lowest BCUT2D eigenvalue weighted by Gasteiger charge is -2.36. The zero-order chi connectivity index (χ0) is 21.4. The Kier molecular flexibility index (Phi) is 4.52. The van der Waals surface area contributed by atoms with E-state index in [1.54, 1.807) is 24.4 Å². The summed E-state index contributed by atoms with van der Waals surface area (Å²) in [6.45, 7) is 10.2. The van der Waals surface area contributed by atoms with Crippen molar-refractivity contribution in [2.75, 3.05) is 41.7 Å². The van der Waals surface area contributed by atoms with Gasteiger partial charge in [0, 0.05) is 38.1 Å². The molecule has 5 rings (SSSR count). The molecule has 0 saturated carbocycles. The number of phenolic OH excluding ortho intramolecular Hbond substituents is 1. The van der Waals surface area contributed by atoms with E-state index in [1.807, 2.05) is 35.0 Å². The van der Waals surface area contributed by atoms with Crippen molar-refractivity contribution >= 4 is 34.3 Å². The van der Waals surface area contributed by atoms with Crippen LogP contribution >= 0.6 is 0 Å². The van der Waals surface area contributed by atoms with E-state index in [-0.39, 0.29) is 5.75 Å². The van der Waals surface area contributed by atoms with Crippen LogP contribution in [0.3, 0.4) is 0 Å². The van der Waals surface area contributed by atoms with E-state index in [4.69, 9.17) is 17.3 Å². The van der Waals surface area contributed by atoms with Gasteiger partial charge in [-0.05, 0) is 42.5 Å². The lowest BCUT2D eigenvalue weighted by molar-refractivity contribution is 0.475. The first-order chi connectivity index (χ1) is 15.1. The Morgan fingerprint density at radius 1 is 0.903 bits per heavy atom. The quantitative estimate of drug-likeness (QED) is 0.499. The molecule has 1 aliphatic heterocycles. The van der Waals surface area contributed by atoms with Crippen LogP contribution in [0.2, 0.25) is 0 Å². The maximum absolute atomic E-state index is 9.50. The Morgan fingerprint density at radius 2 is 1.61 bits per heavy atom. The van der Waals surface area contributed by atoms with Gasteiger partial charge in [0.25, 0.3) is 5.82 Å². The van der Waals surface area contributed by atoms with Gasteiger partial charge in [0.15, 0.2) is 5.65 Å². The molecule has 1 aromatic carbocycles. The Bertz CT molecular complexity index is 1270. The predicted molar refractivity (Wildman–Crippen MR) is 120 cm³/mol. The summed E-state index contributed by atoms with van der Waals surface area (Å²) in [7, 11) is 0. The lowest BCUT2D eigenvalue weighted by atomic mass is 10.2. The molecule has 0 bridgehead atoms. The molecular weight excluding hydrogens is 392 g/mol. The molecule has 4 heterocycles. The number of nitrogens with zero attached hydrogens (tertiary/aromatic N) is 7. The molecule has 31 heavy (non-hydrogen) atoms. The highest BCUT2D eigenvalue weighted by atomic mass is 16.3. The number of aromatic hydroxyl groups is 1. The Hall–Kier alpha value is -4.32. The summed E-state index contributed by atoms with van der Waals surface area (Å²) in [5.74, 6) is 1.65. The summed E-state index contributed by atoms with van der Waals surface area (Å²) in [6.07, 6.45) is 3.54. The second-order valence-corrected chi connectivity index (χ2v) is 7.31. The standard InChI is InChI=1S/C22H20N8O/c1-24-19-7-4-16(14-25-19)30-9-8-18-20(23)26-22(27-21(18)30)29-12-10-28(11-13-29)15-2-5-17(31)6-3-15/h2-9,14,31H,10-13H2,(H2,23,26,27). The number of anilines is 3. The van der Waals surface area contributed by atoms with Crippen LogP contribution < -0.4 is 15.5 Å². The minimum Gasteiger partial charge on any atom is -0.508 e. The summed E-state index contributed by atoms with van der Waals surface area (Å²) in [5.41, 5.74) is 8.85. The van der Waals surface area contributed by atoms with E-state index in [0.29, 0.717) is 23.2 Å². The molecule has 0 atom stereocenters. The molecule has 4 aromatic rings. The molecule has 9 heteroatoms. The zero-order valence-electron chi connectivity index (χ0n) is 16.7. The number of pyridine rings is 1. The van der Waals surface area contributed by atoms with E-state index in [1.165, 1.54) is 0 Å². The van der Waals surface area contributed by atoms with Crippen LogP contribution in [-0.2, 0) is 0 Å². The molecule has 0 aliphatic carbocycles. The van der Waals surface area contributed by atoms with Crippen molar-refractivity contribution in [3.63, 3.8) is 0 Å². The van der Waals surface area contributed by atoms with Crippen molar-refractivity contribution in [1.82, 2.24) is 19.5 Å². The second kappa shape index (κ2) is 7.50. The third-order valence-electron chi connectivity index (χ3n) is 5.46. The summed E-state index contributed by atoms with van der Waals surface area (Å²) < 4.78 is 1.91. The zero-order valence-corrected chi connectivity index (χ0v) is 16.7. The van der Waals surface area contributed by atoms with Gasteiger partial charge in [0.1, 0.15) is 17.8 Å². The second-order valence-electron chi connectivity index (χ2n) is 7.31. The fourth-order valence-electron chi connectivity index (χ4n) is 3.79. The summed E-state index contributed by atoms with van der Waals surface area (Å²) in [4.78, 5) is 21.2. The smallest absolute Gasteiger partial charge is 0.269 e. The van der Waals surface area contributed by atoms with Crippen molar-refractivity contribution in [2.24, 2.45) is 0 Å². The fourth-order valence-corrected chi connectivity index (χ4v) is 3.79. The Balaban J connectivity index is 1.41. The van der Waals surface area contributed by atoms with Crippen LogP contribution in [0.15, 0.2) is 54.9 Å². The van der Waals surface area contributed by atoms with Gasteiger partial charge in [0.2, 0.25) is 5.95 Å². The molecule has 0 spiro atoms. The van der Waals surface area contributed by atoms with E-state index >= 15 is 0 Å². The lowest BCUT2D eigenvalue weighted by Crippen LogP contribution is -2.47. The summed E-state index contributed by atoms with van der Waals surface area (Å²) in [6, 6.07) is 12.7. The van der Waals surface area contributed by atoms with Crippen molar-refractivity contribution in [3.05, 3.63) is 66.3 Å². The van der Waals surface area contributed by atoms with Crippen molar-refractivity contribution in [3.8, 4) is 11.4 Å². The summed E-state index contributed by atoms with van der Waals surface area (Å²) in [5, 5.41) is 10.3. The highest BCUT2D eigenvalue weighted by molar-refractivity contribution is 5.88. The van der Waals surface area contributed by atoms with Crippen molar-refractivity contribution in [2.45, 2.75) is 0 Å². The van der Waals surface area contributed by atoms with Crippen LogP contribution in [0.5, 0.6) is 5.75 Å². The molecule has 0 amide bonds. The van der Waals surface area contributed by atoms with Gasteiger partial charge in [-0.2, -0.15) is 9.97 Å². The molecule has 3 N–H and O–H groups in total. The Labute approximate surface area is 178 Å². The van der Waals surface area contributed by atoms with Gasteiger partial charge >= 0.3 is 0 Å². The number of hydrogen-bond acceptors (Lipinski definition) is 7. The van der Waals surface area contributed by atoms with Crippen molar-refractivity contribution in [1.29, 1.82) is 0 Å². The number of phenols is 1. The topological polar surface area (TPSA) is 101 Å². The van der Waals surface area contributed by atoms with Gasteiger partial charge in [-0.15, -0.1) is 4.98 Å². The molecule has 1 saturated heterocycles. The number of piperazine rings is 1. The number of aromatic nitrogens is 4. The van der Waals surface area contributed by atoms with Crippen LogP contribution in [0.4, 0.5) is 23.3 Å². The molecule has 9 nitrogen and oxygen atoms in total. The third kappa shape index (κ3) is 3.44. The number of fused-ring (bicyclic) bond motifs is 1. The normalized spacial score (nSPS) is 14.0. The molecule has 1 aliphatic rings. The molecule has 154 valence electrons. The number of nitrogen functional groups attached to an aromatic ring is 1. The van der Waals surface area contributed by atoms with Crippen LogP contribution in [-0.4, -0.2) is 50.8 Å². The number of rotatable bonds is 3. The van der Waals surface area contributed by atoms with Gasteiger partial charge in [-0.3, -0.25) is 4.57 Å². The number of nitrogens with two attached hydrogens (primary N) is 1. The van der Waals surface area contributed by atoms with E-state index in [2.05, 4.69) is 24.6 Å². The molecule has 0 radical (unpaired) electrons. The highest BCUT2D eigenvalue weighted by Gasteiger charge is 2.21. The predicted octanol–water partition coefficient (Wildman–Crippen LogP) is 2.98. The minimum atomic E-state index is 0.265. The van der Waals surface area contributed by atoms with E-state index in [9.17, 15) is 5.11 Å². The molecule has 3 aromatic heterocycles. The van der Waals surface area contributed by atoms with Crippen LogP contribution in [0, 0.1) is 6.57 Å². The fraction of sp³-hybridized carbons (Fsp3) is 0.182. The maximum Gasteiger partial charge on any atom is 0.269 e. The van der Waals surface area contributed by atoms with E-state index < -0.39 is 0 Å². The number of benzene rings is 1. The largest absolute Gasteiger partial charge is 0.508 e. The number of hydrogen-bond donors (Lipinski definition) is 2. The van der Waals surface area contributed by atoms with Gasteiger partial charge in [-0.25, -0.2) is 0 Å². The monoisotopic (exact) mass is 412 g/mol. The average molecular weight is 412 g/mol. The SMILES string of the molecule is [C-]#[N+]c1ccc(-n2ccc3c(N)nc(N4CCN(c5ccc(O)cc5)CC4)nc32)cn1. The highest BCUT2D eigenvalue weighted by Crippen LogP contribution is 2.27. The van der Waals surface area contributed by atoms with Gasteiger partial charge in [0.05, 0.1) is 11.1 Å². The maximum atomic E-state index is 9.50. The third-order valence-corrected chi connectivity index (χ3v) is 5.46. The first-order valence-electron chi connectivity index (χ1n) is 9.90. The molecular formula is C22H20N8O. The Morgan fingerprint density at radius 3 is 2.29 bits per heavy atom. The summed E-state index contributed by atoms with van der Waals surface area (Å²) >= 11 is 0.